The molecule has 28 heavy (non-hydrogen) atoms. The van der Waals surface area contributed by atoms with Crippen LogP contribution in [0.5, 0.6) is 0 Å². The number of fused-ring (bicyclic) bond motifs is 1. The number of β-amino-alcohol motifs (C(OH)–C–C–N with tert-alkyl or cyclic N) is 1. The third kappa shape index (κ3) is 2.30. The van der Waals surface area contributed by atoms with Crippen molar-refractivity contribution in [3.63, 3.8) is 0 Å². The number of carbonyl (C=O) groups is 1. The maximum Gasteiger partial charge on any atom is 0.256 e. The van der Waals surface area contributed by atoms with Gasteiger partial charge < -0.3 is 19.7 Å². The minimum Gasteiger partial charge on any atom is -0.396 e. The molecular formula is C23H24N2O3. The molecule has 5 rings (SSSR count). The molecule has 5 nitrogen and oxygen atoms in total. The molecule has 0 unspecified atom stereocenters. The van der Waals surface area contributed by atoms with Crippen LogP contribution in [0.3, 0.4) is 0 Å². The highest BCUT2D eigenvalue weighted by molar-refractivity contribution is 6.07. The number of aromatic nitrogens is 1. The van der Waals surface area contributed by atoms with Crippen LogP contribution < -0.4 is 0 Å². The van der Waals surface area contributed by atoms with Crippen LogP contribution in [0.15, 0.2) is 60.8 Å². The molecule has 1 aliphatic heterocycles. The molecule has 2 heterocycles. The van der Waals surface area contributed by atoms with Gasteiger partial charge in [-0.25, -0.2) is 0 Å². The number of benzene rings is 2. The first kappa shape index (κ1) is 17.5. The molecule has 1 saturated carbocycles. The third-order valence-corrected chi connectivity index (χ3v) is 6.81. The Kier molecular flexibility index (Phi) is 3.86. The lowest BCUT2D eigenvalue weighted by Gasteiger charge is -2.16. The molecule has 1 aromatic heterocycles. The summed E-state index contributed by atoms with van der Waals surface area (Å²) in [5, 5.41) is 21.8. The summed E-state index contributed by atoms with van der Waals surface area (Å²) < 4.78 is 1.96. The average molecular weight is 376 g/mol. The average Bonchev–Trinajstić information content (AvgIpc) is 3.08. The molecule has 0 bridgehead atoms. The first-order valence-electron chi connectivity index (χ1n) is 9.75. The maximum atomic E-state index is 13.3. The van der Waals surface area contributed by atoms with Gasteiger partial charge in [0.25, 0.3) is 5.91 Å². The summed E-state index contributed by atoms with van der Waals surface area (Å²) in [6.07, 6.45) is 1.24. The summed E-state index contributed by atoms with van der Waals surface area (Å²) in [5.74, 6) is 0.0114. The fourth-order valence-corrected chi connectivity index (χ4v) is 5.41. The molecule has 5 heteroatoms. The fourth-order valence-electron chi connectivity index (χ4n) is 5.41. The number of likely N-dealkylation sites (tertiary alicyclic amines) is 1. The van der Waals surface area contributed by atoms with Gasteiger partial charge in [0.05, 0.1) is 11.7 Å². The van der Waals surface area contributed by atoms with Crippen molar-refractivity contribution >= 4 is 16.8 Å². The van der Waals surface area contributed by atoms with Crippen molar-refractivity contribution in [1.82, 2.24) is 9.47 Å². The Morgan fingerprint density at radius 3 is 2.61 bits per heavy atom. The standard InChI is InChI=1S/C23H24N2O3/c1-24-11-17(16-9-5-6-10-19(16)24)22(28)25-12-20(27)23(14-25)18(13-26)21(23)15-7-3-2-4-8-15/h2-11,18,20-21,26-27H,12-14H2,1H3/t18-,20+,21-,23-/m1/s1. The van der Waals surface area contributed by atoms with Gasteiger partial charge in [0, 0.05) is 49.3 Å². The van der Waals surface area contributed by atoms with Gasteiger partial charge in [-0.15, -0.1) is 0 Å². The lowest BCUT2D eigenvalue weighted by atomic mass is 9.95. The largest absolute Gasteiger partial charge is 0.396 e. The van der Waals surface area contributed by atoms with Crippen LogP contribution in [-0.4, -0.2) is 51.4 Å². The lowest BCUT2D eigenvalue weighted by molar-refractivity contribution is 0.0765. The number of nitrogens with zero attached hydrogens (tertiary/aromatic N) is 2. The number of hydrogen-bond donors (Lipinski definition) is 2. The maximum absolute atomic E-state index is 13.3. The molecule has 2 aromatic carbocycles. The highest BCUT2D eigenvalue weighted by Crippen LogP contribution is 2.68. The summed E-state index contributed by atoms with van der Waals surface area (Å²) in [6.45, 7) is 0.801. The van der Waals surface area contributed by atoms with Crippen molar-refractivity contribution < 1.29 is 15.0 Å². The first-order chi connectivity index (χ1) is 13.6. The van der Waals surface area contributed by atoms with E-state index in [1.54, 1.807) is 4.90 Å². The molecule has 3 aromatic rings. The van der Waals surface area contributed by atoms with E-state index in [9.17, 15) is 15.0 Å². The summed E-state index contributed by atoms with van der Waals surface area (Å²) in [4.78, 5) is 15.1. The molecular weight excluding hydrogens is 352 g/mol. The monoisotopic (exact) mass is 376 g/mol. The third-order valence-electron chi connectivity index (χ3n) is 6.81. The van der Waals surface area contributed by atoms with Crippen molar-refractivity contribution in [2.75, 3.05) is 19.7 Å². The van der Waals surface area contributed by atoms with Crippen molar-refractivity contribution in [2.24, 2.45) is 18.4 Å². The number of aliphatic hydroxyl groups is 2. The summed E-state index contributed by atoms with van der Waals surface area (Å²) in [7, 11) is 1.94. The van der Waals surface area contributed by atoms with Gasteiger partial charge in [-0.1, -0.05) is 48.5 Å². The second-order valence-electron chi connectivity index (χ2n) is 8.16. The van der Waals surface area contributed by atoms with Crippen LogP contribution in [-0.2, 0) is 7.05 Å². The first-order valence-corrected chi connectivity index (χ1v) is 9.75. The van der Waals surface area contributed by atoms with Crippen LogP contribution in [0.1, 0.15) is 21.8 Å². The van der Waals surface area contributed by atoms with Crippen LogP contribution in [0.25, 0.3) is 10.9 Å². The van der Waals surface area contributed by atoms with E-state index in [-0.39, 0.29) is 24.3 Å². The minimum absolute atomic E-state index is 0.0183. The van der Waals surface area contributed by atoms with E-state index in [2.05, 4.69) is 0 Å². The van der Waals surface area contributed by atoms with E-state index in [0.717, 1.165) is 16.5 Å². The van der Waals surface area contributed by atoms with E-state index in [1.807, 2.05) is 72.4 Å². The number of rotatable bonds is 3. The molecule has 1 spiro atoms. The minimum atomic E-state index is -0.631. The van der Waals surface area contributed by atoms with E-state index in [1.165, 1.54) is 0 Å². The number of amides is 1. The zero-order valence-corrected chi connectivity index (χ0v) is 15.8. The van der Waals surface area contributed by atoms with Crippen molar-refractivity contribution in [3.8, 4) is 0 Å². The summed E-state index contributed by atoms with van der Waals surface area (Å²) >= 11 is 0. The molecule has 1 amide bonds. The highest BCUT2D eigenvalue weighted by Gasteiger charge is 2.71. The van der Waals surface area contributed by atoms with Crippen LogP contribution in [0.4, 0.5) is 0 Å². The molecule has 1 saturated heterocycles. The van der Waals surface area contributed by atoms with Gasteiger partial charge in [0.1, 0.15) is 0 Å². The van der Waals surface area contributed by atoms with Crippen molar-refractivity contribution in [2.45, 2.75) is 12.0 Å². The Morgan fingerprint density at radius 1 is 1.14 bits per heavy atom. The normalized spacial score (nSPS) is 29.0. The number of aliphatic hydroxyl groups excluding tert-OH is 2. The van der Waals surface area contributed by atoms with Gasteiger partial charge in [0.15, 0.2) is 0 Å². The van der Waals surface area contributed by atoms with Crippen LogP contribution >= 0.6 is 0 Å². The van der Waals surface area contributed by atoms with Gasteiger partial charge in [-0.2, -0.15) is 0 Å². The van der Waals surface area contributed by atoms with E-state index < -0.39 is 11.5 Å². The second kappa shape index (κ2) is 6.19. The van der Waals surface area contributed by atoms with Crippen molar-refractivity contribution in [3.05, 3.63) is 71.9 Å². The predicted molar refractivity (Wildman–Crippen MR) is 107 cm³/mol. The van der Waals surface area contributed by atoms with Gasteiger partial charge in [-0.3, -0.25) is 4.79 Å². The summed E-state index contributed by atoms with van der Waals surface area (Å²) in [6, 6.07) is 17.9. The topological polar surface area (TPSA) is 65.7 Å². The zero-order chi connectivity index (χ0) is 19.5. The van der Waals surface area contributed by atoms with Crippen molar-refractivity contribution in [1.29, 1.82) is 0 Å². The van der Waals surface area contributed by atoms with Gasteiger partial charge >= 0.3 is 0 Å². The Bertz CT molecular complexity index is 1040. The Hall–Kier alpha value is -2.63. The zero-order valence-electron chi connectivity index (χ0n) is 15.8. The van der Waals surface area contributed by atoms with Gasteiger partial charge in [-0.05, 0) is 23.5 Å². The molecule has 144 valence electrons. The molecule has 1 aliphatic carbocycles. The smallest absolute Gasteiger partial charge is 0.256 e. The van der Waals surface area contributed by atoms with E-state index in [4.69, 9.17) is 0 Å². The number of hydrogen-bond acceptors (Lipinski definition) is 3. The number of aryl methyl sites for hydroxylation is 1. The van der Waals surface area contributed by atoms with Crippen LogP contribution in [0, 0.1) is 11.3 Å². The molecule has 0 radical (unpaired) electrons. The van der Waals surface area contributed by atoms with E-state index >= 15 is 0 Å². The quantitative estimate of drug-likeness (QED) is 0.738. The lowest BCUT2D eigenvalue weighted by Crippen LogP contribution is -2.29. The Balaban J connectivity index is 1.47. The Labute approximate surface area is 163 Å². The molecule has 2 fully saturated rings. The number of para-hydroxylation sites is 1. The van der Waals surface area contributed by atoms with Crippen LogP contribution in [0.2, 0.25) is 0 Å². The fraction of sp³-hybridized carbons (Fsp3) is 0.348. The molecule has 4 atom stereocenters. The molecule has 2 aliphatic rings. The summed E-state index contributed by atoms with van der Waals surface area (Å²) in [5.41, 5.74) is 2.36. The SMILES string of the molecule is Cn1cc(C(=O)N2C[C@H](O)[C@@]3(C2)[C@H](CO)[C@H]3c2ccccc2)c2ccccc21. The molecule has 2 N–H and O–H groups in total. The highest BCUT2D eigenvalue weighted by atomic mass is 16.3. The second-order valence-corrected chi connectivity index (χ2v) is 8.16. The number of carbonyl (C=O) groups excluding carboxylic acids is 1. The predicted octanol–water partition coefficient (Wildman–Crippen LogP) is 2.39. The van der Waals surface area contributed by atoms with Gasteiger partial charge in [0.2, 0.25) is 0 Å². The van der Waals surface area contributed by atoms with E-state index in [0.29, 0.717) is 18.7 Å². The Morgan fingerprint density at radius 2 is 1.86 bits per heavy atom.